The number of nitrogens with one attached hydrogen (secondary N) is 1. The highest BCUT2D eigenvalue weighted by Gasteiger charge is 2.32. The summed E-state index contributed by atoms with van der Waals surface area (Å²) in [5, 5.41) is 23.4. The van der Waals surface area contributed by atoms with Crippen LogP contribution in [0.3, 0.4) is 0 Å². The first-order valence-electron chi connectivity index (χ1n) is 6.73. The third-order valence-corrected chi connectivity index (χ3v) is 3.76. The molecule has 8 nitrogen and oxygen atoms in total. The molecule has 8 heteroatoms. The van der Waals surface area contributed by atoms with Crippen molar-refractivity contribution >= 4 is 17.4 Å². The second kappa shape index (κ2) is 6.04. The third-order valence-electron chi connectivity index (χ3n) is 3.76. The number of aliphatic hydroxyl groups is 1. The Bertz CT molecular complexity index is 561. The van der Waals surface area contributed by atoms with Gasteiger partial charge in [-0.1, -0.05) is 0 Å². The summed E-state index contributed by atoms with van der Waals surface area (Å²) in [6, 6.07) is 1.39. The summed E-state index contributed by atoms with van der Waals surface area (Å²) in [5.74, 6) is 0.0117. The summed E-state index contributed by atoms with van der Waals surface area (Å²) in [4.78, 5) is 28.3. The molecule has 2 unspecified atom stereocenters. The molecule has 0 radical (unpaired) electrons. The van der Waals surface area contributed by atoms with E-state index in [1.54, 1.807) is 18.9 Å². The fourth-order valence-corrected chi connectivity index (χ4v) is 2.44. The highest BCUT2D eigenvalue weighted by Crippen LogP contribution is 2.26. The number of likely N-dealkylation sites (tertiary alicyclic amines) is 1. The molecule has 1 fully saturated rings. The smallest absolute Gasteiger partial charge is 0.300 e. The van der Waals surface area contributed by atoms with Gasteiger partial charge < -0.3 is 15.3 Å². The molecule has 114 valence electrons. The number of nitrogens with zero attached hydrogens (tertiary/aromatic N) is 3. The lowest BCUT2D eigenvalue weighted by atomic mass is 10.0. The van der Waals surface area contributed by atoms with Gasteiger partial charge in [-0.05, 0) is 13.3 Å². The maximum absolute atomic E-state index is 12.5. The van der Waals surface area contributed by atoms with Crippen LogP contribution < -0.4 is 5.32 Å². The molecule has 0 aliphatic carbocycles. The topological polar surface area (TPSA) is 109 Å². The van der Waals surface area contributed by atoms with Crippen molar-refractivity contribution in [3.8, 4) is 0 Å². The van der Waals surface area contributed by atoms with E-state index in [1.165, 1.54) is 6.07 Å². The van der Waals surface area contributed by atoms with E-state index in [0.29, 0.717) is 25.3 Å². The molecule has 1 saturated heterocycles. The van der Waals surface area contributed by atoms with Crippen LogP contribution in [0, 0.1) is 16.0 Å². The van der Waals surface area contributed by atoms with Crippen molar-refractivity contribution in [2.45, 2.75) is 19.4 Å². The van der Waals surface area contributed by atoms with E-state index in [0.717, 1.165) is 6.20 Å². The number of carbonyl (C=O) groups is 1. The Labute approximate surface area is 121 Å². The summed E-state index contributed by atoms with van der Waals surface area (Å²) < 4.78 is 0. The zero-order chi connectivity index (χ0) is 15.6. The van der Waals surface area contributed by atoms with E-state index in [1.807, 2.05) is 0 Å². The van der Waals surface area contributed by atoms with Crippen molar-refractivity contribution in [2.24, 2.45) is 5.92 Å². The first-order chi connectivity index (χ1) is 9.93. The van der Waals surface area contributed by atoms with Gasteiger partial charge >= 0.3 is 0 Å². The van der Waals surface area contributed by atoms with Crippen molar-refractivity contribution < 1.29 is 14.8 Å². The monoisotopic (exact) mass is 294 g/mol. The maximum Gasteiger partial charge on any atom is 0.300 e. The number of aliphatic hydroxyl groups excluding tert-OH is 1. The van der Waals surface area contributed by atoms with Crippen molar-refractivity contribution in [3.05, 3.63) is 27.9 Å². The molecule has 2 N–H and O–H groups in total. The van der Waals surface area contributed by atoms with Gasteiger partial charge in [0.25, 0.3) is 11.6 Å². The van der Waals surface area contributed by atoms with Gasteiger partial charge in [0.05, 0.1) is 11.0 Å². The molecule has 2 atom stereocenters. The number of hydrogen-bond donors (Lipinski definition) is 2. The van der Waals surface area contributed by atoms with Crippen LogP contribution >= 0.6 is 0 Å². The predicted molar refractivity (Wildman–Crippen MR) is 76.1 cm³/mol. The van der Waals surface area contributed by atoms with Gasteiger partial charge in [-0.15, -0.1) is 0 Å². The Balaban J connectivity index is 2.28. The average molecular weight is 294 g/mol. The number of rotatable bonds is 4. The maximum atomic E-state index is 12.5. The lowest BCUT2D eigenvalue weighted by Gasteiger charge is -2.18. The number of pyridine rings is 1. The van der Waals surface area contributed by atoms with Gasteiger partial charge in [0, 0.05) is 32.1 Å². The highest BCUT2D eigenvalue weighted by atomic mass is 16.6. The van der Waals surface area contributed by atoms with Crippen LogP contribution in [0.5, 0.6) is 0 Å². The van der Waals surface area contributed by atoms with Crippen LogP contribution in [0.15, 0.2) is 12.3 Å². The molecule has 0 spiro atoms. The van der Waals surface area contributed by atoms with E-state index in [2.05, 4.69) is 10.3 Å². The second-order valence-electron chi connectivity index (χ2n) is 5.13. The fraction of sp³-hybridized carbons (Fsp3) is 0.538. The Kier molecular flexibility index (Phi) is 4.37. The molecule has 0 saturated carbocycles. The number of nitro groups is 1. The number of amides is 1. The SMILES string of the molecule is CNc1cc(C(=O)N2CCC(C(C)O)C2)c([N+](=O)[O-])cn1. The largest absolute Gasteiger partial charge is 0.393 e. The summed E-state index contributed by atoms with van der Waals surface area (Å²) in [7, 11) is 1.63. The minimum Gasteiger partial charge on any atom is -0.393 e. The van der Waals surface area contributed by atoms with Crippen molar-refractivity contribution in [2.75, 3.05) is 25.5 Å². The zero-order valence-corrected chi connectivity index (χ0v) is 11.9. The highest BCUT2D eigenvalue weighted by molar-refractivity contribution is 5.98. The minimum absolute atomic E-state index is 0.0126. The van der Waals surface area contributed by atoms with Gasteiger partial charge in [-0.3, -0.25) is 14.9 Å². The Hall–Kier alpha value is -2.22. The van der Waals surface area contributed by atoms with Gasteiger partial charge in [-0.25, -0.2) is 4.98 Å². The molecule has 1 aromatic rings. The number of aromatic nitrogens is 1. The molecule has 1 aliphatic heterocycles. The van der Waals surface area contributed by atoms with Crippen LogP contribution in [0.1, 0.15) is 23.7 Å². The summed E-state index contributed by atoms with van der Waals surface area (Å²) >= 11 is 0. The molecule has 2 rings (SSSR count). The van der Waals surface area contributed by atoms with Crippen molar-refractivity contribution in [1.82, 2.24) is 9.88 Å². The minimum atomic E-state index is -0.609. The van der Waals surface area contributed by atoms with Crippen LogP contribution in [0.4, 0.5) is 11.5 Å². The average Bonchev–Trinajstić information content (AvgIpc) is 2.95. The van der Waals surface area contributed by atoms with E-state index in [4.69, 9.17) is 0 Å². The third kappa shape index (κ3) is 3.10. The molecule has 0 bridgehead atoms. The van der Waals surface area contributed by atoms with Crippen LogP contribution in [-0.2, 0) is 0 Å². The van der Waals surface area contributed by atoms with E-state index >= 15 is 0 Å². The molecular formula is C13H18N4O4. The normalized spacial score (nSPS) is 19.4. The summed E-state index contributed by atoms with van der Waals surface area (Å²) in [6.45, 7) is 2.58. The lowest BCUT2D eigenvalue weighted by molar-refractivity contribution is -0.385. The lowest BCUT2D eigenvalue weighted by Crippen LogP contribution is -2.31. The standard InChI is InChI=1S/C13H18N4O4/c1-8(18)9-3-4-16(7-9)13(19)10-5-12(14-2)15-6-11(10)17(20)21/h5-6,8-9,18H,3-4,7H2,1-2H3,(H,14,15). The van der Waals surface area contributed by atoms with Crippen LogP contribution in [-0.4, -0.2) is 52.1 Å². The number of carbonyl (C=O) groups excluding carboxylic acids is 1. The Morgan fingerprint density at radius 2 is 2.38 bits per heavy atom. The van der Waals surface area contributed by atoms with Gasteiger partial charge in [0.2, 0.25) is 0 Å². The zero-order valence-electron chi connectivity index (χ0n) is 11.9. The number of anilines is 1. The van der Waals surface area contributed by atoms with Crippen LogP contribution in [0.25, 0.3) is 0 Å². The van der Waals surface area contributed by atoms with Crippen molar-refractivity contribution in [3.63, 3.8) is 0 Å². The predicted octanol–water partition coefficient (Wildman–Crippen LogP) is 0.874. The first kappa shape index (κ1) is 15.2. The quantitative estimate of drug-likeness (QED) is 0.630. The summed E-state index contributed by atoms with van der Waals surface area (Å²) in [5.41, 5.74) is -0.287. The molecule has 1 aliphatic rings. The molecule has 21 heavy (non-hydrogen) atoms. The Morgan fingerprint density at radius 3 is 2.90 bits per heavy atom. The van der Waals surface area contributed by atoms with Crippen molar-refractivity contribution in [1.29, 1.82) is 0 Å². The van der Waals surface area contributed by atoms with E-state index in [9.17, 15) is 20.0 Å². The fourth-order valence-electron chi connectivity index (χ4n) is 2.44. The van der Waals surface area contributed by atoms with Crippen LogP contribution in [0.2, 0.25) is 0 Å². The number of hydrogen-bond acceptors (Lipinski definition) is 6. The summed E-state index contributed by atoms with van der Waals surface area (Å²) in [6.07, 6.45) is 1.28. The van der Waals surface area contributed by atoms with Gasteiger partial charge in [-0.2, -0.15) is 0 Å². The van der Waals surface area contributed by atoms with Gasteiger partial charge in [0.1, 0.15) is 17.6 Å². The molecule has 2 heterocycles. The molecule has 1 aromatic heterocycles. The van der Waals surface area contributed by atoms with E-state index < -0.39 is 16.9 Å². The first-order valence-corrected chi connectivity index (χ1v) is 6.73. The Morgan fingerprint density at radius 1 is 1.67 bits per heavy atom. The molecule has 1 amide bonds. The molecule has 0 aromatic carbocycles. The second-order valence-corrected chi connectivity index (χ2v) is 5.13. The van der Waals surface area contributed by atoms with Gasteiger partial charge in [0.15, 0.2) is 0 Å². The molecular weight excluding hydrogens is 276 g/mol. The van der Waals surface area contributed by atoms with E-state index in [-0.39, 0.29) is 17.2 Å².